The van der Waals surface area contributed by atoms with E-state index in [-0.39, 0.29) is 0 Å². The molecule has 4 heteroatoms. The Morgan fingerprint density at radius 3 is 1.02 bits per heavy atom. The normalized spacial score (nSPS) is 11.4. The van der Waals surface area contributed by atoms with Gasteiger partial charge in [-0.2, -0.15) is 0 Å². The molecule has 0 saturated carbocycles. The molecule has 0 aliphatic heterocycles. The number of rotatable bonds is 14. The number of para-hydroxylation sites is 2. The van der Waals surface area contributed by atoms with Crippen LogP contribution in [0.15, 0.2) is 230 Å². The molecule has 306 valence electrons. The summed E-state index contributed by atoms with van der Waals surface area (Å²) in [6, 6.07) is 74.1. The number of nitrogens with zero attached hydrogens (tertiary/aromatic N) is 4. The number of anilines is 11. The van der Waals surface area contributed by atoms with Crippen LogP contribution in [0.1, 0.15) is 37.0 Å². The van der Waals surface area contributed by atoms with Crippen LogP contribution in [-0.2, 0) is 0 Å². The fourth-order valence-electron chi connectivity index (χ4n) is 8.11. The second-order valence-corrected chi connectivity index (χ2v) is 15.6. The van der Waals surface area contributed by atoms with Crippen molar-refractivity contribution in [2.24, 2.45) is 0 Å². The zero-order valence-corrected chi connectivity index (χ0v) is 36.4. The van der Waals surface area contributed by atoms with Crippen molar-refractivity contribution in [3.63, 3.8) is 0 Å². The van der Waals surface area contributed by atoms with Gasteiger partial charge in [0.25, 0.3) is 0 Å². The van der Waals surface area contributed by atoms with Crippen molar-refractivity contribution in [3.05, 3.63) is 247 Å². The minimum absolute atomic E-state index is 0.928. The second kappa shape index (κ2) is 19.2. The Kier molecular flexibility index (Phi) is 12.8. The van der Waals surface area contributed by atoms with Crippen LogP contribution in [0.25, 0.3) is 0 Å². The average molecular weight is 807 g/mol. The molecule has 0 fully saturated rings. The van der Waals surface area contributed by atoms with Crippen molar-refractivity contribution in [2.45, 2.75) is 41.0 Å². The molecule has 0 aliphatic rings. The Hall–Kier alpha value is -7.56. The number of allylic oxidation sites excluding steroid dienone is 3. The molecule has 0 atom stereocenters. The van der Waals surface area contributed by atoms with Gasteiger partial charge in [-0.05, 0) is 190 Å². The lowest BCUT2D eigenvalue weighted by Crippen LogP contribution is -2.16. The molecule has 0 amide bonds. The zero-order chi connectivity index (χ0) is 42.8. The summed E-state index contributed by atoms with van der Waals surface area (Å²) in [5, 5.41) is 0. The van der Waals surface area contributed by atoms with Crippen molar-refractivity contribution in [2.75, 3.05) is 19.6 Å². The fourth-order valence-corrected chi connectivity index (χ4v) is 8.11. The van der Waals surface area contributed by atoms with E-state index in [0.717, 1.165) is 74.7 Å². The van der Waals surface area contributed by atoms with Crippen molar-refractivity contribution in [1.82, 2.24) is 0 Å². The number of aryl methyl sites for hydroxylation is 3. The lowest BCUT2D eigenvalue weighted by molar-refractivity contribution is 1.13. The third kappa shape index (κ3) is 9.26. The van der Waals surface area contributed by atoms with Gasteiger partial charge in [-0.15, -0.1) is 0 Å². The minimum atomic E-state index is 0.928. The lowest BCUT2D eigenvalue weighted by Gasteiger charge is -2.30. The summed E-state index contributed by atoms with van der Waals surface area (Å²) in [5.41, 5.74) is 16.8. The van der Waals surface area contributed by atoms with E-state index in [1.807, 2.05) is 0 Å². The third-order valence-electron chi connectivity index (χ3n) is 10.9. The van der Waals surface area contributed by atoms with Gasteiger partial charge < -0.3 is 19.6 Å². The maximum Gasteiger partial charge on any atom is 0.0464 e. The molecule has 4 nitrogen and oxygen atoms in total. The summed E-state index contributed by atoms with van der Waals surface area (Å²) < 4.78 is 0. The molecule has 8 aromatic carbocycles. The Bertz CT molecular complexity index is 2620. The maximum atomic E-state index is 2.35. The monoisotopic (exact) mass is 806 g/mol. The zero-order valence-electron chi connectivity index (χ0n) is 36.4. The molecule has 0 unspecified atom stereocenters. The molecule has 8 aromatic rings. The van der Waals surface area contributed by atoms with Crippen LogP contribution in [0.4, 0.5) is 62.6 Å². The van der Waals surface area contributed by atoms with Gasteiger partial charge in [0.15, 0.2) is 0 Å². The van der Waals surface area contributed by atoms with E-state index in [2.05, 4.69) is 279 Å². The summed E-state index contributed by atoms with van der Waals surface area (Å²) in [6.45, 7) is 10.7. The molecule has 0 aromatic heterocycles. The molecule has 62 heavy (non-hydrogen) atoms. The van der Waals surface area contributed by atoms with Gasteiger partial charge in [-0.3, -0.25) is 0 Å². The predicted molar refractivity (Wildman–Crippen MR) is 266 cm³/mol. The van der Waals surface area contributed by atoms with Gasteiger partial charge >= 0.3 is 0 Å². The van der Waals surface area contributed by atoms with Gasteiger partial charge in [-0.25, -0.2) is 0 Å². The molecule has 0 N–H and O–H groups in total. The summed E-state index contributed by atoms with van der Waals surface area (Å²) >= 11 is 0. The fraction of sp³-hybridized carbons (Fsp3) is 0.103. The molecular weight excluding hydrogens is 753 g/mol. The molecule has 0 spiro atoms. The largest absolute Gasteiger partial charge is 0.311 e. The SMILES string of the molecule is C/C=C\C(=C/CC)N(c1ccc(N(c2ccc(N(c3ccccc3)c3cccc(C)c3)cc2)c2ccc(N(c3ccccc3)c3cccc(C)c3)cc2)cc1)c1cccc(C)c1. The minimum Gasteiger partial charge on any atom is -0.311 e. The quantitative estimate of drug-likeness (QED) is 0.101. The van der Waals surface area contributed by atoms with Crippen molar-refractivity contribution in [1.29, 1.82) is 0 Å². The highest BCUT2D eigenvalue weighted by atomic mass is 15.2. The van der Waals surface area contributed by atoms with Crippen LogP contribution in [0.5, 0.6) is 0 Å². The summed E-state index contributed by atoms with van der Waals surface area (Å²) in [5.74, 6) is 0. The van der Waals surface area contributed by atoms with Crippen LogP contribution in [0.3, 0.4) is 0 Å². The third-order valence-corrected chi connectivity index (χ3v) is 10.9. The Balaban J connectivity index is 1.23. The first kappa shape index (κ1) is 41.2. The van der Waals surface area contributed by atoms with E-state index in [1.165, 1.54) is 16.7 Å². The van der Waals surface area contributed by atoms with Crippen LogP contribution in [0, 0.1) is 20.8 Å². The number of benzene rings is 8. The highest BCUT2D eigenvalue weighted by molar-refractivity contribution is 5.84. The predicted octanol–water partition coefficient (Wildman–Crippen LogP) is 17.0. The van der Waals surface area contributed by atoms with Crippen molar-refractivity contribution in [3.8, 4) is 0 Å². The second-order valence-electron chi connectivity index (χ2n) is 15.6. The van der Waals surface area contributed by atoms with Crippen molar-refractivity contribution < 1.29 is 0 Å². The first-order chi connectivity index (χ1) is 30.4. The molecule has 0 heterocycles. The highest BCUT2D eigenvalue weighted by Crippen LogP contribution is 2.42. The van der Waals surface area contributed by atoms with Crippen LogP contribution >= 0.6 is 0 Å². The van der Waals surface area contributed by atoms with Crippen LogP contribution in [-0.4, -0.2) is 0 Å². The number of hydrogen-bond acceptors (Lipinski definition) is 4. The van der Waals surface area contributed by atoms with Crippen LogP contribution < -0.4 is 19.6 Å². The van der Waals surface area contributed by atoms with Gasteiger partial charge in [0.05, 0.1) is 0 Å². The first-order valence-corrected chi connectivity index (χ1v) is 21.5. The highest BCUT2D eigenvalue weighted by Gasteiger charge is 2.20. The van der Waals surface area contributed by atoms with Gasteiger partial charge in [0.2, 0.25) is 0 Å². The molecule has 0 aliphatic carbocycles. The van der Waals surface area contributed by atoms with Gasteiger partial charge in [0, 0.05) is 68.3 Å². The van der Waals surface area contributed by atoms with E-state index in [9.17, 15) is 0 Å². The Labute approximate surface area is 368 Å². The maximum absolute atomic E-state index is 2.35. The summed E-state index contributed by atoms with van der Waals surface area (Å²) in [7, 11) is 0. The molecule has 0 saturated heterocycles. The Morgan fingerprint density at radius 1 is 0.355 bits per heavy atom. The number of hydrogen-bond donors (Lipinski definition) is 0. The topological polar surface area (TPSA) is 13.0 Å². The first-order valence-electron chi connectivity index (χ1n) is 21.5. The molecular formula is C58H54N4. The van der Waals surface area contributed by atoms with Crippen LogP contribution in [0.2, 0.25) is 0 Å². The average Bonchev–Trinajstić information content (AvgIpc) is 3.29. The smallest absolute Gasteiger partial charge is 0.0464 e. The van der Waals surface area contributed by atoms with E-state index in [0.29, 0.717) is 0 Å². The molecule has 0 radical (unpaired) electrons. The Morgan fingerprint density at radius 2 is 0.661 bits per heavy atom. The van der Waals surface area contributed by atoms with E-state index in [1.54, 1.807) is 0 Å². The summed E-state index contributed by atoms with van der Waals surface area (Å²) in [4.78, 5) is 9.34. The van der Waals surface area contributed by atoms with Crippen molar-refractivity contribution >= 4 is 62.6 Å². The van der Waals surface area contributed by atoms with E-state index >= 15 is 0 Å². The van der Waals surface area contributed by atoms with E-state index < -0.39 is 0 Å². The van der Waals surface area contributed by atoms with E-state index in [4.69, 9.17) is 0 Å². The van der Waals surface area contributed by atoms with Gasteiger partial charge in [0.1, 0.15) is 0 Å². The summed E-state index contributed by atoms with van der Waals surface area (Å²) in [6.07, 6.45) is 7.53. The lowest BCUT2D eigenvalue weighted by atomic mass is 10.1. The molecule has 8 rings (SSSR count). The van der Waals surface area contributed by atoms with Gasteiger partial charge in [-0.1, -0.05) is 91.9 Å². The molecule has 0 bridgehead atoms. The standard InChI is InChI=1S/C58H54N4/c1-6-17-47(18-7-2)60(56-26-14-19-44(3)41-56)53-35-29-50(30-36-53)59(51-31-37-54(38-32-51)61(48-22-10-8-11-23-48)57-27-15-20-45(4)42-57)52-33-39-55(40-34-52)62(49-24-12-9-13-25-49)58-28-16-21-46(5)43-58/h6,8-43H,7H2,1-5H3/b17-6-,47-18+.